The molecule has 1 heterocycles. The van der Waals surface area contributed by atoms with Gasteiger partial charge < -0.3 is 4.74 Å². The van der Waals surface area contributed by atoms with Gasteiger partial charge in [-0.25, -0.2) is 8.42 Å². The smallest absolute Gasteiger partial charge is 0.264 e. The molecule has 152 valence electrons. The summed E-state index contributed by atoms with van der Waals surface area (Å²) < 4.78 is 84.7. The van der Waals surface area contributed by atoms with Crippen LogP contribution in [-0.4, -0.2) is 20.4 Å². The summed E-state index contributed by atoms with van der Waals surface area (Å²) in [7, 11) is -2.60. The van der Waals surface area contributed by atoms with Crippen LogP contribution in [-0.2, 0) is 10.0 Å². The molecule has 0 unspecified atom stereocenters. The van der Waals surface area contributed by atoms with Crippen LogP contribution in [0.3, 0.4) is 0 Å². The van der Waals surface area contributed by atoms with E-state index in [4.69, 9.17) is 16.3 Å². The van der Waals surface area contributed by atoms with E-state index >= 15 is 0 Å². The molecule has 0 bridgehead atoms. The highest BCUT2D eigenvalue weighted by Crippen LogP contribution is 2.31. The number of halogens is 5. The maximum absolute atomic E-state index is 13.6. The molecule has 2 aromatic carbocycles. The molecular weight excluding hydrogens is 436 g/mol. The molecule has 0 amide bonds. The Morgan fingerprint density at radius 1 is 0.897 bits per heavy atom. The molecule has 1 aromatic heterocycles. The predicted molar refractivity (Wildman–Crippen MR) is 97.6 cm³/mol. The Balaban J connectivity index is 1.86. The molecule has 0 aliphatic heterocycles. The van der Waals surface area contributed by atoms with Crippen LogP contribution >= 0.6 is 11.6 Å². The molecule has 0 radical (unpaired) electrons. The van der Waals surface area contributed by atoms with Crippen molar-refractivity contribution in [2.24, 2.45) is 0 Å². The van der Waals surface area contributed by atoms with Crippen LogP contribution in [0.5, 0.6) is 11.5 Å². The number of hydrogen-bond acceptors (Lipinski definition) is 4. The van der Waals surface area contributed by atoms with Gasteiger partial charge in [0.05, 0.1) is 10.6 Å². The zero-order chi connectivity index (χ0) is 21.3. The average molecular weight is 447 g/mol. The highest BCUT2D eigenvalue weighted by molar-refractivity contribution is 7.92. The van der Waals surface area contributed by atoms with E-state index < -0.39 is 39.3 Å². The number of anilines is 1. The molecule has 29 heavy (non-hydrogen) atoms. The van der Waals surface area contributed by atoms with E-state index in [1.54, 1.807) is 0 Å². The normalized spacial score (nSPS) is 11.4. The van der Waals surface area contributed by atoms with Crippen LogP contribution in [0.2, 0.25) is 5.02 Å². The number of pyridine rings is 1. The fourth-order valence-corrected chi connectivity index (χ4v) is 3.62. The van der Waals surface area contributed by atoms with Crippen molar-refractivity contribution in [3.8, 4) is 11.5 Å². The Bertz CT molecular complexity index is 1130. The standard InChI is InChI=1S/C18H11ClF4N2O3S/c1-25(29(26,27)13-8-2-10(19)3-9-13)11-4-6-12(7-5-11)28-16-14(20)17(22)24-18(23)15(16)21/h2-9H,1H3. The van der Waals surface area contributed by atoms with Gasteiger partial charge in [0.1, 0.15) is 5.75 Å². The van der Waals surface area contributed by atoms with Crippen molar-refractivity contribution in [1.82, 2.24) is 4.98 Å². The number of hydrogen-bond donors (Lipinski definition) is 0. The van der Waals surface area contributed by atoms with Crippen molar-refractivity contribution in [2.45, 2.75) is 4.90 Å². The maximum Gasteiger partial charge on any atom is 0.264 e. The van der Waals surface area contributed by atoms with E-state index in [2.05, 4.69) is 4.98 Å². The summed E-state index contributed by atoms with van der Waals surface area (Å²) in [6, 6.07) is 10.5. The Morgan fingerprint density at radius 3 is 1.93 bits per heavy atom. The summed E-state index contributed by atoms with van der Waals surface area (Å²) in [5, 5.41) is 0.372. The number of nitrogens with zero attached hydrogens (tertiary/aromatic N) is 2. The first kappa shape index (κ1) is 20.9. The monoisotopic (exact) mass is 446 g/mol. The summed E-state index contributed by atoms with van der Waals surface area (Å²) in [6.45, 7) is 0. The second kappa shape index (κ2) is 7.88. The lowest BCUT2D eigenvalue weighted by atomic mass is 10.3. The lowest BCUT2D eigenvalue weighted by Gasteiger charge is -2.20. The van der Waals surface area contributed by atoms with Gasteiger partial charge in [-0.15, -0.1) is 0 Å². The Kier molecular flexibility index (Phi) is 5.67. The first-order valence-corrected chi connectivity index (χ1v) is 9.65. The molecule has 3 aromatic rings. The molecule has 0 fully saturated rings. The van der Waals surface area contributed by atoms with E-state index in [-0.39, 0.29) is 16.3 Å². The van der Waals surface area contributed by atoms with Crippen LogP contribution in [0.15, 0.2) is 53.4 Å². The van der Waals surface area contributed by atoms with Gasteiger partial charge >= 0.3 is 0 Å². The van der Waals surface area contributed by atoms with Crippen molar-refractivity contribution in [2.75, 3.05) is 11.4 Å². The third kappa shape index (κ3) is 4.13. The molecule has 11 heteroatoms. The van der Waals surface area contributed by atoms with Crippen LogP contribution in [0.4, 0.5) is 23.2 Å². The van der Waals surface area contributed by atoms with Crippen molar-refractivity contribution < 1.29 is 30.7 Å². The van der Waals surface area contributed by atoms with Crippen LogP contribution in [0.1, 0.15) is 0 Å². The van der Waals surface area contributed by atoms with Gasteiger partial charge in [-0.2, -0.15) is 22.5 Å². The van der Waals surface area contributed by atoms with Gasteiger partial charge in [-0.3, -0.25) is 4.31 Å². The third-order valence-electron chi connectivity index (χ3n) is 3.85. The summed E-state index contributed by atoms with van der Waals surface area (Å²) in [6.07, 6.45) is 0. The van der Waals surface area contributed by atoms with Gasteiger partial charge in [0.2, 0.25) is 17.4 Å². The average Bonchev–Trinajstić information content (AvgIpc) is 2.70. The highest BCUT2D eigenvalue weighted by Gasteiger charge is 2.24. The summed E-state index contributed by atoms with van der Waals surface area (Å²) >= 11 is 5.76. The van der Waals surface area contributed by atoms with Crippen molar-refractivity contribution in [1.29, 1.82) is 0 Å². The van der Waals surface area contributed by atoms with Crippen molar-refractivity contribution in [3.63, 3.8) is 0 Å². The molecule has 0 atom stereocenters. The molecule has 0 aliphatic carbocycles. The molecule has 3 rings (SSSR count). The summed E-state index contributed by atoms with van der Waals surface area (Å²) in [5.41, 5.74) is 0.195. The minimum absolute atomic E-state index is 0.00314. The van der Waals surface area contributed by atoms with Gasteiger partial charge in [0.15, 0.2) is 0 Å². The summed E-state index contributed by atoms with van der Waals surface area (Å²) in [4.78, 5) is 2.43. The lowest BCUT2D eigenvalue weighted by Crippen LogP contribution is -2.26. The van der Waals surface area contributed by atoms with Gasteiger partial charge in [-0.1, -0.05) is 11.6 Å². The Morgan fingerprint density at radius 2 is 1.41 bits per heavy atom. The third-order valence-corrected chi connectivity index (χ3v) is 5.90. The molecule has 0 N–H and O–H groups in total. The zero-order valence-corrected chi connectivity index (χ0v) is 16.1. The largest absolute Gasteiger partial charge is 0.451 e. The topological polar surface area (TPSA) is 59.5 Å². The molecular formula is C18H11ClF4N2O3S. The van der Waals surface area contributed by atoms with E-state index in [1.165, 1.54) is 55.6 Å². The van der Waals surface area contributed by atoms with Gasteiger partial charge in [-0.05, 0) is 48.5 Å². The second-order valence-corrected chi connectivity index (χ2v) is 8.08. The molecule has 0 saturated heterocycles. The number of rotatable bonds is 5. The number of aromatic nitrogens is 1. The first-order valence-electron chi connectivity index (χ1n) is 7.83. The van der Waals surface area contributed by atoms with E-state index in [9.17, 15) is 26.0 Å². The second-order valence-electron chi connectivity index (χ2n) is 5.67. The molecule has 5 nitrogen and oxygen atoms in total. The lowest BCUT2D eigenvalue weighted by molar-refractivity contribution is 0.343. The fourth-order valence-electron chi connectivity index (χ4n) is 2.30. The van der Waals surface area contributed by atoms with Crippen LogP contribution in [0.25, 0.3) is 0 Å². The Hall–Kier alpha value is -2.85. The predicted octanol–water partition coefficient (Wildman–Crippen LogP) is 4.91. The number of ether oxygens (including phenoxy) is 1. The maximum atomic E-state index is 13.6. The number of benzene rings is 2. The van der Waals surface area contributed by atoms with Crippen LogP contribution < -0.4 is 9.04 Å². The first-order chi connectivity index (χ1) is 13.6. The van der Waals surface area contributed by atoms with E-state index in [1.807, 2.05) is 0 Å². The van der Waals surface area contributed by atoms with Crippen LogP contribution in [0, 0.1) is 23.5 Å². The number of sulfonamides is 1. The van der Waals surface area contributed by atoms with Crippen molar-refractivity contribution in [3.05, 3.63) is 77.1 Å². The fraction of sp³-hybridized carbons (Fsp3) is 0.0556. The summed E-state index contributed by atoms with van der Waals surface area (Å²) in [5.74, 6) is -8.79. The zero-order valence-electron chi connectivity index (χ0n) is 14.5. The van der Waals surface area contributed by atoms with Gasteiger partial charge in [0, 0.05) is 12.1 Å². The minimum atomic E-state index is -3.90. The van der Waals surface area contributed by atoms with Gasteiger partial charge in [0.25, 0.3) is 21.9 Å². The highest BCUT2D eigenvalue weighted by atomic mass is 35.5. The van der Waals surface area contributed by atoms with Crippen molar-refractivity contribution >= 4 is 27.3 Å². The SMILES string of the molecule is CN(c1ccc(Oc2c(F)c(F)nc(F)c2F)cc1)S(=O)(=O)c1ccc(Cl)cc1. The quantitative estimate of drug-likeness (QED) is 0.413. The van der Waals surface area contributed by atoms with E-state index in [0.717, 1.165) is 4.31 Å². The minimum Gasteiger partial charge on any atom is -0.451 e. The Labute approximate surface area is 168 Å². The van der Waals surface area contributed by atoms with E-state index in [0.29, 0.717) is 5.02 Å². The molecule has 0 spiro atoms. The molecule has 0 saturated carbocycles. The molecule has 0 aliphatic rings.